The fourth-order valence-electron chi connectivity index (χ4n) is 4.45. The zero-order valence-corrected chi connectivity index (χ0v) is 22.1. The van der Waals surface area contributed by atoms with Gasteiger partial charge in [0.25, 0.3) is 11.1 Å². The summed E-state index contributed by atoms with van der Waals surface area (Å²) >= 11 is 0. The second-order valence-corrected chi connectivity index (χ2v) is 9.42. The largest absolute Gasteiger partial charge is 0.423 e. The van der Waals surface area contributed by atoms with Gasteiger partial charge in [0.15, 0.2) is 0 Å². The maximum Gasteiger partial charge on any atom is 0.423 e. The zero-order chi connectivity index (χ0) is 32.4. The highest BCUT2D eigenvalue weighted by atomic mass is 19.4. The number of alkyl halides is 8. The molecule has 9 nitrogen and oxygen atoms in total. The molecule has 0 unspecified atom stereocenters. The Morgan fingerprint density at radius 2 is 1.77 bits per heavy atom. The number of hydrogen-bond acceptors (Lipinski definition) is 7. The van der Waals surface area contributed by atoms with Gasteiger partial charge in [-0.1, -0.05) is 0 Å². The van der Waals surface area contributed by atoms with E-state index in [0.717, 1.165) is 16.7 Å². The molecule has 0 saturated heterocycles. The van der Waals surface area contributed by atoms with Gasteiger partial charge in [-0.15, -0.1) is 0 Å². The van der Waals surface area contributed by atoms with Gasteiger partial charge in [0.2, 0.25) is 0 Å². The molecular formula is C26H21F9N6O3. The van der Waals surface area contributed by atoms with Crippen molar-refractivity contribution in [3.63, 3.8) is 0 Å². The van der Waals surface area contributed by atoms with Crippen molar-refractivity contribution in [1.82, 2.24) is 19.7 Å². The van der Waals surface area contributed by atoms with Gasteiger partial charge >= 0.3 is 19.0 Å². The van der Waals surface area contributed by atoms with Crippen molar-refractivity contribution in [3.05, 3.63) is 80.4 Å². The molecule has 0 aliphatic carbocycles. The summed E-state index contributed by atoms with van der Waals surface area (Å²) in [6, 6.07) is 3.92. The third-order valence-corrected chi connectivity index (χ3v) is 6.44. The van der Waals surface area contributed by atoms with E-state index in [9.17, 15) is 49.1 Å². The van der Waals surface area contributed by atoms with Crippen LogP contribution >= 0.6 is 0 Å². The van der Waals surface area contributed by atoms with Crippen LogP contribution in [0.2, 0.25) is 0 Å². The minimum absolute atomic E-state index is 0.0307. The summed E-state index contributed by atoms with van der Waals surface area (Å²) in [5.41, 5.74) is -0.812. The molecule has 0 saturated carbocycles. The number of nitrogens with two attached hydrogens (primary N) is 1. The summed E-state index contributed by atoms with van der Waals surface area (Å²) < 4.78 is 125. The molecule has 0 amide bonds. The fourth-order valence-corrected chi connectivity index (χ4v) is 4.45. The Balaban J connectivity index is 1.54. The number of anilines is 2. The van der Waals surface area contributed by atoms with Crippen molar-refractivity contribution in [2.75, 3.05) is 17.7 Å². The van der Waals surface area contributed by atoms with Crippen LogP contribution < -0.4 is 22.2 Å². The topological polar surface area (TPSA) is 128 Å². The number of nitrogens with zero attached hydrogens (tertiary/aromatic N) is 3. The van der Waals surface area contributed by atoms with Crippen LogP contribution in [-0.4, -0.2) is 39.0 Å². The quantitative estimate of drug-likeness (QED) is 0.199. The van der Waals surface area contributed by atoms with Crippen LogP contribution in [-0.2, 0) is 23.6 Å². The predicted octanol–water partition coefficient (Wildman–Crippen LogP) is 5.41. The van der Waals surface area contributed by atoms with Crippen molar-refractivity contribution in [1.29, 1.82) is 0 Å². The number of nitrogens with one attached hydrogen (secondary N) is 2. The van der Waals surface area contributed by atoms with Crippen LogP contribution in [0.5, 0.6) is 0 Å². The van der Waals surface area contributed by atoms with Gasteiger partial charge in [-0.2, -0.15) is 40.2 Å². The van der Waals surface area contributed by atoms with Crippen molar-refractivity contribution in [2.45, 2.75) is 44.4 Å². The summed E-state index contributed by atoms with van der Waals surface area (Å²) in [6.07, 6.45) is -7.95. The number of hydrogen-bond donors (Lipinski definition) is 3. The number of aromatic amines is 1. The maximum absolute atomic E-state index is 15.0. The molecule has 44 heavy (non-hydrogen) atoms. The molecule has 0 fully saturated rings. The van der Waals surface area contributed by atoms with E-state index >= 15 is 0 Å². The standard InChI is InChI=1S/C26H21F9N6O3/c27-17-9-14-12(8-15(17)18-4-3-16(21(36)39-18)25(30,31)32)5-7-41(23(14)43)6-1-2-13(11-44-24(28)29)38-19-10-37-40-22(42)20(19)26(33,34)35/h3-5,7-10,13,24H,1-2,6,11H2,(H2,36,39)(H2,38,40,42)/t13-/m1/s1. The number of aromatic nitrogens is 4. The van der Waals surface area contributed by atoms with Gasteiger partial charge in [-0.25, -0.2) is 14.5 Å². The molecule has 1 aromatic carbocycles. The molecule has 0 radical (unpaired) electrons. The van der Waals surface area contributed by atoms with Crippen LogP contribution in [0.15, 0.2) is 52.3 Å². The number of rotatable bonds is 10. The molecule has 1 atom stereocenters. The van der Waals surface area contributed by atoms with E-state index in [1.54, 1.807) is 5.10 Å². The van der Waals surface area contributed by atoms with E-state index in [2.05, 4.69) is 20.1 Å². The first-order valence-electron chi connectivity index (χ1n) is 12.5. The van der Waals surface area contributed by atoms with Crippen LogP contribution in [0.1, 0.15) is 24.0 Å². The summed E-state index contributed by atoms with van der Waals surface area (Å²) in [4.78, 5) is 28.4. The van der Waals surface area contributed by atoms with Gasteiger partial charge in [-0.3, -0.25) is 9.59 Å². The number of H-pyrrole nitrogens is 1. The van der Waals surface area contributed by atoms with Crippen molar-refractivity contribution in [2.24, 2.45) is 0 Å². The molecule has 0 aliphatic rings. The average Bonchev–Trinajstić information content (AvgIpc) is 2.91. The molecule has 3 aromatic heterocycles. The Bertz CT molecular complexity index is 1770. The Morgan fingerprint density at radius 3 is 2.41 bits per heavy atom. The molecule has 4 N–H and O–H groups in total. The Kier molecular flexibility index (Phi) is 9.22. The van der Waals surface area contributed by atoms with Crippen molar-refractivity contribution >= 4 is 22.3 Å². The van der Waals surface area contributed by atoms with Crippen LogP contribution in [0.4, 0.5) is 51.0 Å². The molecular weight excluding hydrogens is 615 g/mol. The minimum Gasteiger partial charge on any atom is -0.383 e. The van der Waals surface area contributed by atoms with E-state index in [-0.39, 0.29) is 41.4 Å². The number of pyridine rings is 2. The number of fused-ring (bicyclic) bond motifs is 1. The summed E-state index contributed by atoms with van der Waals surface area (Å²) in [5.74, 6) is -1.83. The first-order chi connectivity index (χ1) is 20.6. The molecule has 0 bridgehead atoms. The van der Waals surface area contributed by atoms with E-state index in [1.807, 2.05) is 0 Å². The lowest BCUT2D eigenvalue weighted by atomic mass is 10.0. The molecule has 236 valence electrons. The highest BCUT2D eigenvalue weighted by Crippen LogP contribution is 2.35. The smallest absolute Gasteiger partial charge is 0.383 e. The second kappa shape index (κ2) is 12.6. The van der Waals surface area contributed by atoms with Gasteiger partial charge in [0, 0.05) is 24.3 Å². The molecule has 3 heterocycles. The third kappa shape index (κ3) is 7.29. The molecule has 0 aliphatic heterocycles. The SMILES string of the molecule is Nc1nc(-c2cc3ccn(CCC[C@H](COC(F)F)Nc4cn[nH]c(=O)c4C(F)(F)F)c(=O)c3cc2F)ccc1C(F)(F)F. The Hall–Kier alpha value is -4.61. The summed E-state index contributed by atoms with van der Waals surface area (Å²) in [7, 11) is 0. The van der Waals surface area contributed by atoms with Crippen molar-refractivity contribution in [3.8, 4) is 11.3 Å². The van der Waals surface area contributed by atoms with Gasteiger partial charge in [0.1, 0.15) is 17.2 Å². The summed E-state index contributed by atoms with van der Waals surface area (Å²) in [5, 5.41) is 7.42. The second-order valence-electron chi connectivity index (χ2n) is 9.42. The lowest BCUT2D eigenvalue weighted by Crippen LogP contribution is -2.32. The van der Waals surface area contributed by atoms with Crippen LogP contribution in [0, 0.1) is 5.82 Å². The Morgan fingerprint density at radius 1 is 1.05 bits per heavy atom. The average molecular weight is 636 g/mol. The predicted molar refractivity (Wildman–Crippen MR) is 139 cm³/mol. The number of ether oxygens (including phenoxy) is 1. The van der Waals surface area contributed by atoms with E-state index in [4.69, 9.17) is 5.73 Å². The molecule has 18 heteroatoms. The maximum atomic E-state index is 15.0. The lowest BCUT2D eigenvalue weighted by molar-refractivity contribution is -0.139. The van der Waals surface area contributed by atoms with Crippen LogP contribution in [0.25, 0.3) is 22.0 Å². The number of halogens is 9. The highest BCUT2D eigenvalue weighted by molar-refractivity contribution is 5.86. The first-order valence-corrected chi connectivity index (χ1v) is 12.5. The van der Waals surface area contributed by atoms with Gasteiger partial charge in [0.05, 0.1) is 35.1 Å². The highest BCUT2D eigenvalue weighted by Gasteiger charge is 2.38. The van der Waals surface area contributed by atoms with E-state index in [0.29, 0.717) is 12.3 Å². The van der Waals surface area contributed by atoms with Crippen molar-refractivity contribution < 1.29 is 44.3 Å². The van der Waals surface area contributed by atoms with Gasteiger partial charge < -0.3 is 20.4 Å². The molecule has 0 spiro atoms. The number of nitrogen functional groups attached to an aromatic ring is 1. The monoisotopic (exact) mass is 636 g/mol. The minimum atomic E-state index is -5.09. The molecule has 4 rings (SSSR count). The zero-order valence-electron chi connectivity index (χ0n) is 22.1. The third-order valence-electron chi connectivity index (χ3n) is 6.44. The van der Waals surface area contributed by atoms with Gasteiger partial charge in [-0.05, 0) is 48.6 Å². The Labute approximate surface area is 240 Å². The number of benzene rings is 1. The van der Waals surface area contributed by atoms with E-state index in [1.165, 1.54) is 18.3 Å². The van der Waals surface area contributed by atoms with E-state index < -0.39 is 71.2 Å². The first kappa shape index (κ1) is 32.3. The fraction of sp³-hybridized carbons (Fsp3) is 0.308. The number of aryl methyl sites for hydroxylation is 1. The summed E-state index contributed by atoms with van der Waals surface area (Å²) in [6.45, 7) is -4.08. The normalized spacial score (nSPS) is 13.0. The van der Waals surface area contributed by atoms with Crippen LogP contribution in [0.3, 0.4) is 0 Å². The lowest BCUT2D eigenvalue weighted by Gasteiger charge is -2.22. The molecule has 4 aromatic rings.